The highest BCUT2D eigenvalue weighted by atomic mass is 16.5. The van der Waals surface area contributed by atoms with Gasteiger partial charge < -0.3 is 4.74 Å². The lowest BCUT2D eigenvalue weighted by Gasteiger charge is -2.19. The van der Waals surface area contributed by atoms with Crippen molar-refractivity contribution in [2.75, 3.05) is 13.7 Å². The number of ketones is 1. The molecule has 1 fully saturated rings. The summed E-state index contributed by atoms with van der Waals surface area (Å²) in [4.78, 5) is 50.2. The molecule has 1 aliphatic heterocycles. The highest BCUT2D eigenvalue weighted by Gasteiger charge is 2.48. The molecule has 1 saturated heterocycles. The first-order chi connectivity index (χ1) is 10.9. The number of carbonyl (C=O) groups excluding carboxylic acids is 4. The van der Waals surface area contributed by atoms with Gasteiger partial charge in [0.2, 0.25) is 11.8 Å². The average molecular weight is 317 g/mol. The lowest BCUT2D eigenvalue weighted by molar-refractivity contribution is -0.149. The van der Waals surface area contributed by atoms with E-state index >= 15 is 0 Å². The highest BCUT2D eigenvalue weighted by Crippen LogP contribution is 2.30. The monoisotopic (exact) mass is 317 g/mol. The fraction of sp³-hybridized carbons (Fsp3) is 0.412. The molecular weight excluding hydrogens is 298 g/mol. The van der Waals surface area contributed by atoms with Crippen LogP contribution in [0.1, 0.15) is 29.3 Å². The first kappa shape index (κ1) is 16.9. The van der Waals surface area contributed by atoms with E-state index in [0.29, 0.717) is 5.56 Å². The summed E-state index contributed by atoms with van der Waals surface area (Å²) in [5, 5.41) is 0. The zero-order valence-electron chi connectivity index (χ0n) is 13.4. The number of imide groups is 1. The summed E-state index contributed by atoms with van der Waals surface area (Å²) < 4.78 is 4.71. The van der Waals surface area contributed by atoms with Crippen LogP contribution in [-0.2, 0) is 19.1 Å². The zero-order valence-corrected chi connectivity index (χ0v) is 13.4. The second kappa shape index (κ2) is 6.73. The molecule has 6 heteroatoms. The van der Waals surface area contributed by atoms with Gasteiger partial charge >= 0.3 is 5.97 Å². The van der Waals surface area contributed by atoms with E-state index in [1.807, 2.05) is 13.0 Å². The number of aryl methyl sites for hydroxylation is 1. The van der Waals surface area contributed by atoms with Crippen molar-refractivity contribution < 1.29 is 23.9 Å². The molecule has 122 valence electrons. The van der Waals surface area contributed by atoms with Gasteiger partial charge in [0.15, 0.2) is 5.78 Å². The van der Waals surface area contributed by atoms with Gasteiger partial charge in [-0.15, -0.1) is 0 Å². The van der Waals surface area contributed by atoms with Crippen molar-refractivity contribution in [3.63, 3.8) is 0 Å². The lowest BCUT2D eigenvalue weighted by atomic mass is 9.84. The predicted octanol–water partition coefficient (Wildman–Crippen LogP) is 1.36. The number of likely N-dealkylation sites (tertiary alicyclic amines) is 1. The molecule has 2 amide bonds. The van der Waals surface area contributed by atoms with Gasteiger partial charge in [0.1, 0.15) is 5.92 Å². The van der Waals surface area contributed by atoms with E-state index in [-0.39, 0.29) is 18.9 Å². The van der Waals surface area contributed by atoms with Gasteiger partial charge in [-0.3, -0.25) is 24.1 Å². The smallest absolute Gasteiger partial charge is 0.317 e. The molecule has 1 heterocycles. The van der Waals surface area contributed by atoms with Crippen LogP contribution in [0, 0.1) is 18.8 Å². The average Bonchev–Trinajstić information content (AvgIpc) is 2.81. The number of amides is 2. The van der Waals surface area contributed by atoms with Gasteiger partial charge in [-0.25, -0.2) is 0 Å². The first-order valence-corrected chi connectivity index (χ1v) is 7.43. The summed E-state index contributed by atoms with van der Waals surface area (Å²) in [5.74, 6) is -4.44. The summed E-state index contributed by atoms with van der Waals surface area (Å²) in [6.07, 6.45) is -0.149. The summed E-state index contributed by atoms with van der Waals surface area (Å²) in [7, 11) is 1.16. The minimum absolute atomic E-state index is 0.149. The van der Waals surface area contributed by atoms with E-state index < -0.39 is 29.5 Å². The summed E-state index contributed by atoms with van der Waals surface area (Å²) in [5.41, 5.74) is 1.19. The van der Waals surface area contributed by atoms with Crippen molar-refractivity contribution in [1.82, 2.24) is 4.90 Å². The number of benzene rings is 1. The predicted molar refractivity (Wildman–Crippen MR) is 81.5 cm³/mol. The fourth-order valence-corrected chi connectivity index (χ4v) is 2.86. The number of nitrogens with zero attached hydrogens (tertiary/aromatic N) is 1. The van der Waals surface area contributed by atoms with Crippen molar-refractivity contribution in [3.8, 4) is 0 Å². The molecule has 1 aliphatic rings. The number of carbonyl (C=O) groups is 4. The Morgan fingerprint density at radius 2 is 2.04 bits per heavy atom. The summed E-state index contributed by atoms with van der Waals surface area (Å²) >= 11 is 0. The van der Waals surface area contributed by atoms with E-state index in [4.69, 9.17) is 4.74 Å². The van der Waals surface area contributed by atoms with Gasteiger partial charge in [0.25, 0.3) is 0 Å². The third-order valence-electron chi connectivity index (χ3n) is 4.04. The quantitative estimate of drug-likeness (QED) is 0.354. The number of hydrogen-bond acceptors (Lipinski definition) is 5. The number of rotatable bonds is 5. The van der Waals surface area contributed by atoms with Crippen LogP contribution in [0.5, 0.6) is 0 Å². The Kier molecular flexibility index (Phi) is 4.93. The van der Waals surface area contributed by atoms with E-state index in [1.54, 1.807) is 25.1 Å². The van der Waals surface area contributed by atoms with E-state index in [1.165, 1.54) is 0 Å². The van der Waals surface area contributed by atoms with E-state index in [9.17, 15) is 19.2 Å². The van der Waals surface area contributed by atoms with Crippen LogP contribution >= 0.6 is 0 Å². The van der Waals surface area contributed by atoms with Crippen molar-refractivity contribution in [2.45, 2.75) is 20.3 Å². The van der Waals surface area contributed by atoms with E-state index in [0.717, 1.165) is 17.6 Å². The van der Waals surface area contributed by atoms with Crippen molar-refractivity contribution in [2.24, 2.45) is 11.8 Å². The summed E-state index contributed by atoms with van der Waals surface area (Å²) in [6, 6.07) is 6.77. The minimum atomic E-state index is -1.30. The number of methoxy groups -OCH3 is 1. The second-order valence-corrected chi connectivity index (χ2v) is 5.52. The van der Waals surface area contributed by atoms with Gasteiger partial charge in [-0.05, 0) is 19.9 Å². The second-order valence-electron chi connectivity index (χ2n) is 5.52. The fourth-order valence-electron chi connectivity index (χ4n) is 2.86. The highest BCUT2D eigenvalue weighted by molar-refractivity contribution is 6.14. The molecule has 23 heavy (non-hydrogen) atoms. The molecule has 6 nitrogen and oxygen atoms in total. The molecule has 2 atom stereocenters. The molecule has 1 aromatic carbocycles. The van der Waals surface area contributed by atoms with Crippen LogP contribution in [0.4, 0.5) is 0 Å². The first-order valence-electron chi connectivity index (χ1n) is 7.43. The normalized spacial score (nSPS) is 18.9. The maximum atomic E-state index is 12.7. The maximum Gasteiger partial charge on any atom is 0.317 e. The molecule has 0 saturated carbocycles. The molecule has 1 aromatic rings. The van der Waals surface area contributed by atoms with E-state index in [2.05, 4.69) is 0 Å². The molecule has 0 spiro atoms. The molecule has 0 N–H and O–H groups in total. The van der Waals surface area contributed by atoms with Crippen LogP contribution in [0.25, 0.3) is 0 Å². The Morgan fingerprint density at radius 3 is 2.57 bits per heavy atom. The Hall–Kier alpha value is -2.50. The number of hydrogen-bond donors (Lipinski definition) is 0. The molecule has 1 unspecified atom stereocenters. The van der Waals surface area contributed by atoms with Crippen LogP contribution in [0.3, 0.4) is 0 Å². The Labute approximate surface area is 134 Å². The van der Waals surface area contributed by atoms with Gasteiger partial charge in [0, 0.05) is 18.5 Å². The third kappa shape index (κ3) is 3.16. The minimum Gasteiger partial charge on any atom is -0.468 e. The number of esters is 1. The van der Waals surface area contributed by atoms with Crippen LogP contribution < -0.4 is 0 Å². The molecule has 2 rings (SSSR count). The standard InChI is InChI=1S/C17H19NO5/c1-4-18-13(19)9-12(16(18)21)14(17(22)23-3)15(20)11-7-5-6-10(2)8-11/h5-8,12,14H,4,9H2,1-3H3/t12-,14?/m1/s1. The number of Topliss-reactive ketones (excluding diaryl/α,β-unsaturated/α-hetero) is 1. The molecular formula is C17H19NO5. The van der Waals surface area contributed by atoms with Gasteiger partial charge in [0.05, 0.1) is 13.0 Å². The molecule has 0 radical (unpaired) electrons. The largest absolute Gasteiger partial charge is 0.468 e. The number of ether oxygens (including phenoxy) is 1. The van der Waals surface area contributed by atoms with Crippen molar-refractivity contribution in [3.05, 3.63) is 35.4 Å². The Morgan fingerprint density at radius 1 is 1.35 bits per heavy atom. The molecule has 0 bridgehead atoms. The van der Waals surface area contributed by atoms with Gasteiger partial charge in [-0.1, -0.05) is 23.8 Å². The van der Waals surface area contributed by atoms with Crippen LogP contribution in [-0.4, -0.2) is 42.1 Å². The third-order valence-corrected chi connectivity index (χ3v) is 4.04. The topological polar surface area (TPSA) is 80.8 Å². The molecule has 0 aliphatic carbocycles. The summed E-state index contributed by atoms with van der Waals surface area (Å²) in [6.45, 7) is 3.72. The Balaban J connectivity index is 2.39. The molecule has 0 aromatic heterocycles. The zero-order chi connectivity index (χ0) is 17.1. The lowest BCUT2D eigenvalue weighted by Crippen LogP contribution is -2.38. The van der Waals surface area contributed by atoms with Crippen LogP contribution in [0.2, 0.25) is 0 Å². The Bertz CT molecular complexity index is 667. The maximum absolute atomic E-state index is 12.7. The van der Waals surface area contributed by atoms with Crippen molar-refractivity contribution >= 4 is 23.6 Å². The van der Waals surface area contributed by atoms with Crippen molar-refractivity contribution in [1.29, 1.82) is 0 Å². The van der Waals surface area contributed by atoms with Crippen LogP contribution in [0.15, 0.2) is 24.3 Å². The SMILES string of the molecule is CCN1C(=O)C[C@H](C(C(=O)OC)C(=O)c2cccc(C)c2)C1=O. The van der Waals surface area contributed by atoms with Gasteiger partial charge in [-0.2, -0.15) is 0 Å².